The highest BCUT2D eigenvalue weighted by Crippen LogP contribution is 2.27. The van der Waals surface area contributed by atoms with Gasteiger partial charge in [0.15, 0.2) is 11.5 Å². The Labute approximate surface area is 116 Å². The smallest absolute Gasteiger partial charge is 0.415 e. The fourth-order valence-electron chi connectivity index (χ4n) is 2.14. The molecule has 0 spiro atoms. The minimum Gasteiger partial charge on any atom is -0.504 e. The normalized spacial score (nSPS) is 17.8. The van der Waals surface area contributed by atoms with E-state index >= 15 is 0 Å². The Hall–Kier alpha value is -2.24. The van der Waals surface area contributed by atoms with E-state index in [0.717, 1.165) is 24.8 Å². The van der Waals surface area contributed by atoms with Gasteiger partial charge in [0.2, 0.25) is 0 Å². The largest absolute Gasteiger partial charge is 0.504 e. The van der Waals surface area contributed by atoms with Crippen LogP contribution in [0.25, 0.3) is 0 Å². The number of amides is 1. The van der Waals surface area contributed by atoms with Crippen molar-refractivity contribution in [1.29, 1.82) is 0 Å². The molecule has 1 aromatic rings. The summed E-state index contributed by atoms with van der Waals surface area (Å²) in [5, 5.41) is 12.0. The Balaban J connectivity index is 1.76. The second kappa shape index (κ2) is 6.27. The molecule has 0 saturated carbocycles. The van der Waals surface area contributed by atoms with Crippen LogP contribution in [-0.4, -0.2) is 30.3 Å². The van der Waals surface area contributed by atoms with Crippen LogP contribution in [0.2, 0.25) is 0 Å². The van der Waals surface area contributed by atoms with E-state index in [-0.39, 0.29) is 5.75 Å². The van der Waals surface area contributed by atoms with Crippen molar-refractivity contribution in [2.45, 2.75) is 31.7 Å². The highest BCUT2D eigenvalue weighted by Gasteiger charge is 2.31. The molecule has 1 saturated heterocycles. The predicted octanol–water partition coefficient (Wildman–Crippen LogP) is 1.75. The third kappa shape index (κ3) is 3.40. The SMILES string of the molecule is COc1cc(CCCCC2NC(=O)OC2=O)ccc1O. The van der Waals surface area contributed by atoms with Crippen molar-refractivity contribution in [1.82, 2.24) is 5.32 Å². The number of hydrogen-bond acceptors (Lipinski definition) is 5. The van der Waals surface area contributed by atoms with Crippen LogP contribution in [-0.2, 0) is 16.0 Å². The van der Waals surface area contributed by atoms with Crippen molar-refractivity contribution in [3.05, 3.63) is 23.8 Å². The molecule has 20 heavy (non-hydrogen) atoms. The molecule has 2 rings (SSSR count). The molecule has 1 fully saturated rings. The Morgan fingerprint density at radius 1 is 1.35 bits per heavy atom. The summed E-state index contributed by atoms with van der Waals surface area (Å²) in [5.41, 5.74) is 1.05. The molecule has 1 aliphatic rings. The third-order valence-electron chi connectivity index (χ3n) is 3.22. The van der Waals surface area contributed by atoms with Crippen LogP contribution in [0, 0.1) is 0 Å². The van der Waals surface area contributed by atoms with E-state index in [1.54, 1.807) is 12.1 Å². The molecule has 1 aliphatic heterocycles. The summed E-state index contributed by atoms with van der Waals surface area (Å²) in [6.45, 7) is 0. The van der Waals surface area contributed by atoms with E-state index < -0.39 is 18.1 Å². The molecule has 6 heteroatoms. The summed E-state index contributed by atoms with van der Waals surface area (Å²) in [6, 6.07) is 4.71. The lowest BCUT2D eigenvalue weighted by atomic mass is 10.0. The van der Waals surface area contributed by atoms with Crippen LogP contribution in [0.1, 0.15) is 24.8 Å². The van der Waals surface area contributed by atoms with Crippen molar-refractivity contribution in [3.8, 4) is 11.5 Å². The number of phenolic OH excluding ortho intramolecular Hbond substituents is 1. The van der Waals surface area contributed by atoms with Crippen LogP contribution in [0.4, 0.5) is 4.79 Å². The second-order valence-electron chi connectivity index (χ2n) is 4.66. The average molecular weight is 279 g/mol. The Morgan fingerprint density at radius 3 is 2.80 bits per heavy atom. The monoisotopic (exact) mass is 279 g/mol. The van der Waals surface area contributed by atoms with Gasteiger partial charge in [-0.2, -0.15) is 0 Å². The molecule has 108 valence electrons. The number of phenols is 1. The first-order valence-corrected chi connectivity index (χ1v) is 6.48. The molecule has 0 bridgehead atoms. The van der Waals surface area contributed by atoms with Crippen molar-refractivity contribution in [2.24, 2.45) is 0 Å². The molecule has 1 aromatic carbocycles. The summed E-state index contributed by atoms with van der Waals surface area (Å²) in [4.78, 5) is 22.0. The fourth-order valence-corrected chi connectivity index (χ4v) is 2.14. The maximum atomic E-state index is 11.2. The minimum atomic E-state index is -0.664. The van der Waals surface area contributed by atoms with E-state index in [0.29, 0.717) is 12.2 Å². The number of rotatable bonds is 6. The lowest BCUT2D eigenvalue weighted by Crippen LogP contribution is -2.28. The zero-order valence-corrected chi connectivity index (χ0v) is 11.2. The molecule has 1 atom stereocenters. The number of carbonyl (C=O) groups excluding carboxylic acids is 2. The Bertz CT molecular complexity index is 514. The number of carbonyl (C=O) groups is 2. The van der Waals surface area contributed by atoms with E-state index in [2.05, 4.69) is 10.1 Å². The fraction of sp³-hybridized carbons (Fsp3) is 0.429. The van der Waals surface area contributed by atoms with Gasteiger partial charge in [-0.25, -0.2) is 9.59 Å². The zero-order chi connectivity index (χ0) is 14.5. The lowest BCUT2D eigenvalue weighted by molar-refractivity contribution is -0.135. The number of hydrogen-bond donors (Lipinski definition) is 2. The lowest BCUT2D eigenvalue weighted by Gasteiger charge is -2.07. The summed E-state index contributed by atoms with van der Waals surface area (Å²) in [6.07, 6.45) is 2.38. The number of alkyl carbamates (subject to hydrolysis) is 1. The van der Waals surface area contributed by atoms with Gasteiger partial charge in [0.1, 0.15) is 6.04 Å². The molecule has 1 unspecified atom stereocenters. The number of aromatic hydroxyl groups is 1. The van der Waals surface area contributed by atoms with Gasteiger partial charge in [0, 0.05) is 0 Å². The van der Waals surface area contributed by atoms with Gasteiger partial charge in [0.25, 0.3) is 0 Å². The number of nitrogens with one attached hydrogen (secondary N) is 1. The summed E-state index contributed by atoms with van der Waals surface area (Å²) >= 11 is 0. The van der Waals surface area contributed by atoms with Crippen LogP contribution in [0.3, 0.4) is 0 Å². The molecule has 1 heterocycles. The van der Waals surface area contributed by atoms with Crippen molar-refractivity contribution in [2.75, 3.05) is 7.11 Å². The molecule has 6 nitrogen and oxygen atoms in total. The molecule has 2 N–H and O–H groups in total. The van der Waals surface area contributed by atoms with Gasteiger partial charge in [0.05, 0.1) is 7.11 Å². The van der Waals surface area contributed by atoms with E-state index in [1.165, 1.54) is 7.11 Å². The molecule has 0 aromatic heterocycles. The van der Waals surface area contributed by atoms with Gasteiger partial charge in [-0.05, 0) is 37.0 Å². The maximum absolute atomic E-state index is 11.2. The number of methoxy groups -OCH3 is 1. The number of unbranched alkanes of at least 4 members (excludes halogenated alkanes) is 1. The van der Waals surface area contributed by atoms with Gasteiger partial charge in [-0.3, -0.25) is 0 Å². The summed E-state index contributed by atoms with van der Waals surface area (Å²) < 4.78 is 9.44. The molecular weight excluding hydrogens is 262 g/mol. The standard InChI is InChI=1S/C14H17NO5/c1-19-12-8-9(6-7-11(12)16)4-2-3-5-10-13(17)20-14(18)15-10/h6-8,10,16H,2-5H2,1H3,(H,15,18). The van der Waals surface area contributed by atoms with Crippen molar-refractivity contribution >= 4 is 12.1 Å². The quantitative estimate of drug-likeness (QED) is 0.471. The average Bonchev–Trinajstić information content (AvgIpc) is 2.75. The first kappa shape index (κ1) is 14.2. The van der Waals surface area contributed by atoms with Crippen LogP contribution >= 0.6 is 0 Å². The van der Waals surface area contributed by atoms with E-state index in [1.807, 2.05) is 6.07 Å². The van der Waals surface area contributed by atoms with Crippen LogP contribution in [0.15, 0.2) is 18.2 Å². The zero-order valence-electron chi connectivity index (χ0n) is 11.2. The van der Waals surface area contributed by atoms with E-state index in [4.69, 9.17) is 4.74 Å². The summed E-state index contributed by atoms with van der Waals surface area (Å²) in [5.74, 6) is 0.0723. The number of benzene rings is 1. The van der Waals surface area contributed by atoms with Gasteiger partial charge >= 0.3 is 12.1 Å². The minimum absolute atomic E-state index is 0.118. The van der Waals surface area contributed by atoms with Crippen LogP contribution < -0.4 is 10.1 Å². The summed E-state index contributed by atoms with van der Waals surface area (Å²) in [7, 11) is 1.51. The topological polar surface area (TPSA) is 84.9 Å². The van der Waals surface area contributed by atoms with Crippen molar-refractivity contribution in [3.63, 3.8) is 0 Å². The number of cyclic esters (lactones) is 2. The number of esters is 1. The Kier molecular flexibility index (Phi) is 4.45. The molecular formula is C14H17NO5. The second-order valence-corrected chi connectivity index (χ2v) is 4.66. The van der Waals surface area contributed by atoms with Gasteiger partial charge in [-0.15, -0.1) is 0 Å². The first-order chi connectivity index (χ1) is 9.60. The van der Waals surface area contributed by atoms with Gasteiger partial charge in [-0.1, -0.05) is 12.5 Å². The van der Waals surface area contributed by atoms with Gasteiger partial charge < -0.3 is 19.9 Å². The molecule has 0 aliphatic carbocycles. The molecule has 1 amide bonds. The third-order valence-corrected chi connectivity index (χ3v) is 3.22. The maximum Gasteiger partial charge on any atom is 0.415 e. The van der Waals surface area contributed by atoms with Crippen LogP contribution in [0.5, 0.6) is 11.5 Å². The van der Waals surface area contributed by atoms with Crippen molar-refractivity contribution < 1.29 is 24.2 Å². The number of aryl methyl sites for hydroxylation is 1. The predicted molar refractivity (Wildman–Crippen MR) is 70.6 cm³/mol. The molecule has 0 radical (unpaired) electrons. The highest BCUT2D eigenvalue weighted by molar-refractivity contribution is 5.95. The first-order valence-electron chi connectivity index (χ1n) is 6.48. The highest BCUT2D eigenvalue weighted by atomic mass is 16.6. The Morgan fingerprint density at radius 2 is 2.15 bits per heavy atom. The number of ether oxygens (including phenoxy) is 2. The van der Waals surface area contributed by atoms with E-state index in [9.17, 15) is 14.7 Å².